The third-order valence-electron chi connectivity index (χ3n) is 4.61. The molecule has 2 heterocycles. The molecule has 0 aliphatic heterocycles. The fraction of sp³-hybridized carbons (Fsp3) is 0.389. The molecule has 0 bridgehead atoms. The van der Waals surface area contributed by atoms with Gasteiger partial charge in [0.25, 0.3) is 5.56 Å². The summed E-state index contributed by atoms with van der Waals surface area (Å²) >= 11 is 1.70. The zero-order valence-corrected chi connectivity index (χ0v) is 14.5. The summed E-state index contributed by atoms with van der Waals surface area (Å²) in [5.74, 6) is 0. The summed E-state index contributed by atoms with van der Waals surface area (Å²) < 4.78 is 2.10. The molecule has 0 unspecified atom stereocenters. The summed E-state index contributed by atoms with van der Waals surface area (Å²) in [7, 11) is 2.05. The van der Waals surface area contributed by atoms with Crippen molar-refractivity contribution >= 4 is 22.2 Å². The topological polar surface area (TPSA) is 63.0 Å². The van der Waals surface area contributed by atoms with E-state index in [9.17, 15) is 4.79 Å². The Morgan fingerprint density at radius 1 is 1.29 bits per heavy atom. The maximum atomic E-state index is 11.8. The Hall–Kier alpha value is -2.21. The van der Waals surface area contributed by atoms with Gasteiger partial charge in [0.05, 0.1) is 28.1 Å². The van der Waals surface area contributed by atoms with Crippen LogP contribution >= 0.6 is 11.3 Å². The SMILES string of the molecule is Cn1cc(-c2ccc3c(=O)[nH]cnc3c2)sc1=NC1CCCCC1. The van der Waals surface area contributed by atoms with E-state index in [1.165, 1.54) is 38.4 Å². The number of rotatable bonds is 2. The minimum atomic E-state index is -0.101. The van der Waals surface area contributed by atoms with E-state index in [0.717, 1.165) is 20.8 Å². The molecule has 1 fully saturated rings. The summed E-state index contributed by atoms with van der Waals surface area (Å²) in [6.45, 7) is 0. The van der Waals surface area contributed by atoms with Gasteiger partial charge < -0.3 is 9.55 Å². The first kappa shape index (κ1) is 15.3. The number of H-pyrrole nitrogens is 1. The highest BCUT2D eigenvalue weighted by Crippen LogP contribution is 2.25. The van der Waals surface area contributed by atoms with Gasteiger partial charge in [-0.15, -0.1) is 0 Å². The molecule has 0 amide bonds. The van der Waals surface area contributed by atoms with Crippen LogP contribution in [-0.2, 0) is 7.05 Å². The van der Waals surface area contributed by atoms with Gasteiger partial charge >= 0.3 is 0 Å². The van der Waals surface area contributed by atoms with Crippen LogP contribution in [0.25, 0.3) is 21.3 Å². The average molecular weight is 340 g/mol. The Balaban J connectivity index is 1.73. The van der Waals surface area contributed by atoms with Crippen LogP contribution in [0.2, 0.25) is 0 Å². The number of aryl methyl sites for hydroxylation is 1. The first-order chi connectivity index (χ1) is 11.7. The zero-order valence-electron chi connectivity index (χ0n) is 13.7. The maximum absolute atomic E-state index is 11.8. The van der Waals surface area contributed by atoms with Crippen LogP contribution in [0.1, 0.15) is 32.1 Å². The number of hydrogen-bond donors (Lipinski definition) is 1. The van der Waals surface area contributed by atoms with Crippen molar-refractivity contribution in [2.24, 2.45) is 12.0 Å². The smallest absolute Gasteiger partial charge is 0.258 e. The van der Waals surface area contributed by atoms with Crippen LogP contribution in [0.3, 0.4) is 0 Å². The van der Waals surface area contributed by atoms with Crippen molar-refractivity contribution in [3.8, 4) is 10.4 Å². The van der Waals surface area contributed by atoms with Gasteiger partial charge in [0, 0.05) is 13.2 Å². The molecule has 1 saturated carbocycles. The number of fused-ring (bicyclic) bond motifs is 1. The van der Waals surface area contributed by atoms with E-state index in [0.29, 0.717) is 11.4 Å². The summed E-state index contributed by atoms with van der Waals surface area (Å²) in [5, 5.41) is 0.620. The fourth-order valence-electron chi connectivity index (χ4n) is 3.27. The molecule has 0 atom stereocenters. The molecule has 2 aromatic heterocycles. The lowest BCUT2D eigenvalue weighted by atomic mass is 9.96. The van der Waals surface area contributed by atoms with Crippen LogP contribution < -0.4 is 10.4 Å². The highest BCUT2D eigenvalue weighted by atomic mass is 32.1. The van der Waals surface area contributed by atoms with E-state index in [1.54, 1.807) is 11.3 Å². The number of nitrogens with zero attached hydrogens (tertiary/aromatic N) is 3. The number of thiazole rings is 1. The predicted molar refractivity (Wildman–Crippen MR) is 97.1 cm³/mol. The van der Waals surface area contributed by atoms with E-state index >= 15 is 0 Å². The molecule has 0 saturated heterocycles. The van der Waals surface area contributed by atoms with Crippen molar-refractivity contribution in [3.05, 3.63) is 45.9 Å². The molecule has 5 nitrogen and oxygen atoms in total. The monoisotopic (exact) mass is 340 g/mol. The van der Waals surface area contributed by atoms with Crippen molar-refractivity contribution < 1.29 is 0 Å². The summed E-state index contributed by atoms with van der Waals surface area (Å²) in [5.41, 5.74) is 1.70. The molecular weight excluding hydrogens is 320 g/mol. The third-order valence-corrected chi connectivity index (χ3v) is 5.74. The van der Waals surface area contributed by atoms with Crippen molar-refractivity contribution in [2.75, 3.05) is 0 Å². The van der Waals surface area contributed by atoms with Gasteiger partial charge in [-0.1, -0.05) is 36.7 Å². The largest absolute Gasteiger partial charge is 0.326 e. The van der Waals surface area contributed by atoms with E-state index < -0.39 is 0 Å². The van der Waals surface area contributed by atoms with Crippen LogP contribution in [-0.4, -0.2) is 20.6 Å². The van der Waals surface area contributed by atoms with Crippen molar-refractivity contribution in [3.63, 3.8) is 0 Å². The van der Waals surface area contributed by atoms with Gasteiger partial charge in [0.2, 0.25) is 0 Å². The van der Waals surface area contributed by atoms with Crippen molar-refractivity contribution in [1.29, 1.82) is 0 Å². The zero-order chi connectivity index (χ0) is 16.5. The minimum absolute atomic E-state index is 0.101. The molecule has 1 aliphatic carbocycles. The van der Waals surface area contributed by atoms with Crippen LogP contribution in [0.5, 0.6) is 0 Å². The molecule has 4 rings (SSSR count). The fourth-order valence-corrected chi connectivity index (χ4v) is 4.32. The molecule has 1 aromatic carbocycles. The molecule has 124 valence electrons. The lowest BCUT2D eigenvalue weighted by Gasteiger charge is -2.16. The van der Waals surface area contributed by atoms with Gasteiger partial charge in [0.15, 0.2) is 4.80 Å². The van der Waals surface area contributed by atoms with E-state index in [1.807, 2.05) is 25.2 Å². The van der Waals surface area contributed by atoms with Gasteiger partial charge in [-0.25, -0.2) is 4.98 Å². The van der Waals surface area contributed by atoms with Crippen LogP contribution in [0, 0.1) is 0 Å². The van der Waals surface area contributed by atoms with Gasteiger partial charge in [0.1, 0.15) is 0 Å². The molecular formula is C18H20N4OS. The number of aromatic amines is 1. The van der Waals surface area contributed by atoms with Gasteiger partial charge in [-0.3, -0.25) is 9.79 Å². The first-order valence-electron chi connectivity index (χ1n) is 8.39. The first-order valence-corrected chi connectivity index (χ1v) is 9.20. The van der Waals surface area contributed by atoms with Crippen LogP contribution in [0.4, 0.5) is 0 Å². The quantitative estimate of drug-likeness (QED) is 0.778. The summed E-state index contributed by atoms with van der Waals surface area (Å²) in [6, 6.07) is 6.26. The van der Waals surface area contributed by atoms with Gasteiger partial charge in [-0.2, -0.15) is 0 Å². The summed E-state index contributed by atoms with van der Waals surface area (Å²) in [4.78, 5) is 25.8. The molecule has 1 N–H and O–H groups in total. The second-order valence-electron chi connectivity index (χ2n) is 6.37. The normalized spacial score (nSPS) is 16.8. The predicted octanol–water partition coefficient (Wildman–Crippen LogP) is 3.22. The van der Waals surface area contributed by atoms with E-state index in [-0.39, 0.29) is 5.56 Å². The lowest BCUT2D eigenvalue weighted by molar-refractivity contribution is 0.435. The second-order valence-corrected chi connectivity index (χ2v) is 7.38. The molecule has 1 aliphatic rings. The van der Waals surface area contributed by atoms with Gasteiger partial charge in [-0.05, 0) is 30.5 Å². The number of nitrogens with one attached hydrogen (secondary N) is 1. The Bertz CT molecular complexity index is 992. The third kappa shape index (κ3) is 2.94. The maximum Gasteiger partial charge on any atom is 0.258 e. The number of hydrogen-bond acceptors (Lipinski definition) is 4. The van der Waals surface area contributed by atoms with Crippen molar-refractivity contribution in [2.45, 2.75) is 38.1 Å². The highest BCUT2D eigenvalue weighted by molar-refractivity contribution is 7.12. The molecule has 6 heteroatoms. The minimum Gasteiger partial charge on any atom is -0.326 e. The summed E-state index contributed by atoms with van der Waals surface area (Å²) in [6.07, 6.45) is 9.90. The number of aromatic nitrogens is 3. The Kier molecular flexibility index (Phi) is 4.06. The molecule has 24 heavy (non-hydrogen) atoms. The Morgan fingerprint density at radius 2 is 2.12 bits per heavy atom. The molecule has 3 aromatic rings. The van der Waals surface area contributed by atoms with Crippen molar-refractivity contribution in [1.82, 2.24) is 14.5 Å². The second kappa shape index (κ2) is 6.36. The molecule has 0 radical (unpaired) electrons. The van der Waals surface area contributed by atoms with E-state index in [2.05, 4.69) is 20.7 Å². The Labute approximate surface area is 143 Å². The lowest BCUT2D eigenvalue weighted by Crippen LogP contribution is -2.17. The standard InChI is InChI=1S/C18H20N4OS/c1-22-10-16(24-18(22)21-13-5-3-2-4-6-13)12-7-8-14-15(9-12)19-11-20-17(14)23/h7-11,13H,2-6H2,1H3,(H,19,20,23). The van der Waals surface area contributed by atoms with E-state index in [4.69, 9.17) is 4.99 Å². The average Bonchev–Trinajstić information content (AvgIpc) is 2.96. The van der Waals surface area contributed by atoms with Crippen LogP contribution in [0.15, 0.2) is 40.5 Å². The highest BCUT2D eigenvalue weighted by Gasteiger charge is 2.13. The Morgan fingerprint density at radius 3 is 2.96 bits per heavy atom. The number of benzene rings is 1. The molecule has 0 spiro atoms.